The van der Waals surface area contributed by atoms with Crippen LogP contribution in [0, 0.1) is 0 Å². The van der Waals surface area contributed by atoms with E-state index in [1.54, 1.807) is 24.3 Å². The van der Waals surface area contributed by atoms with E-state index in [0.717, 1.165) is 0 Å². The van der Waals surface area contributed by atoms with Gasteiger partial charge in [-0.2, -0.15) is 0 Å². The number of carbonyl (C=O) groups is 2. The van der Waals surface area contributed by atoms with Crippen LogP contribution in [0.4, 0.5) is 5.69 Å². The number of hydrogen-bond donors (Lipinski definition) is 2. The molecule has 0 radical (unpaired) electrons. The molecule has 0 spiro atoms. The fourth-order valence-corrected chi connectivity index (χ4v) is 1.65. The highest BCUT2D eigenvalue weighted by atomic mass is 35.5. The Hall–Kier alpha value is -1.75. The summed E-state index contributed by atoms with van der Waals surface area (Å²) in [5.41, 5.74) is 0.635. The smallest absolute Gasteiger partial charge is 0.326 e. The summed E-state index contributed by atoms with van der Waals surface area (Å²) in [5.74, 6) is -1.97. The fourth-order valence-electron chi connectivity index (χ4n) is 1.53. The highest BCUT2D eigenvalue weighted by Gasteiger charge is 2.21. The SMILES string of the molecule is CC(C(=O)O)N(CCC(=O)O)c1ccc(Cl)cc1. The molecule has 0 fully saturated rings. The minimum Gasteiger partial charge on any atom is -0.481 e. The van der Waals surface area contributed by atoms with Crippen molar-refractivity contribution in [2.45, 2.75) is 19.4 Å². The van der Waals surface area contributed by atoms with E-state index in [2.05, 4.69) is 0 Å². The van der Waals surface area contributed by atoms with E-state index in [1.165, 1.54) is 11.8 Å². The Morgan fingerprint density at radius 3 is 2.28 bits per heavy atom. The van der Waals surface area contributed by atoms with E-state index in [1.807, 2.05) is 0 Å². The summed E-state index contributed by atoms with van der Waals surface area (Å²) < 4.78 is 0. The van der Waals surface area contributed by atoms with Gasteiger partial charge >= 0.3 is 11.9 Å². The van der Waals surface area contributed by atoms with Crippen molar-refractivity contribution < 1.29 is 19.8 Å². The predicted molar refractivity (Wildman–Crippen MR) is 68.1 cm³/mol. The van der Waals surface area contributed by atoms with E-state index in [4.69, 9.17) is 21.8 Å². The molecule has 0 aromatic heterocycles. The molecule has 0 aliphatic rings. The topological polar surface area (TPSA) is 77.8 Å². The van der Waals surface area contributed by atoms with Gasteiger partial charge in [-0.3, -0.25) is 4.79 Å². The molecular formula is C12H14ClNO4. The first-order valence-corrected chi connectivity index (χ1v) is 5.76. The molecule has 0 saturated heterocycles. The summed E-state index contributed by atoms with van der Waals surface area (Å²) in [6.45, 7) is 1.64. The first kappa shape index (κ1) is 14.3. The first-order valence-electron chi connectivity index (χ1n) is 5.38. The normalized spacial score (nSPS) is 11.9. The molecular weight excluding hydrogens is 258 g/mol. The van der Waals surface area contributed by atoms with Gasteiger partial charge in [-0.05, 0) is 31.2 Å². The van der Waals surface area contributed by atoms with Gasteiger partial charge in [-0.1, -0.05) is 11.6 Å². The standard InChI is InChI=1S/C12H14ClNO4/c1-8(12(17)18)14(7-6-11(15)16)10-4-2-9(13)3-5-10/h2-5,8H,6-7H2,1H3,(H,15,16)(H,17,18). The third kappa shape index (κ3) is 3.92. The lowest BCUT2D eigenvalue weighted by molar-refractivity contribution is -0.139. The van der Waals surface area contributed by atoms with Gasteiger partial charge in [-0.15, -0.1) is 0 Å². The molecule has 2 N–H and O–H groups in total. The Morgan fingerprint density at radius 2 is 1.83 bits per heavy atom. The average Bonchev–Trinajstić information content (AvgIpc) is 2.30. The van der Waals surface area contributed by atoms with Crippen LogP contribution in [0.2, 0.25) is 5.02 Å². The zero-order chi connectivity index (χ0) is 13.7. The molecule has 0 aliphatic heterocycles. The molecule has 1 aromatic rings. The zero-order valence-electron chi connectivity index (χ0n) is 9.84. The maximum Gasteiger partial charge on any atom is 0.326 e. The van der Waals surface area contributed by atoms with E-state index >= 15 is 0 Å². The summed E-state index contributed by atoms with van der Waals surface area (Å²) in [7, 11) is 0. The Labute approximate surface area is 110 Å². The van der Waals surface area contributed by atoms with Crippen LogP contribution in [-0.4, -0.2) is 34.7 Å². The van der Waals surface area contributed by atoms with E-state index in [0.29, 0.717) is 10.7 Å². The largest absolute Gasteiger partial charge is 0.481 e. The second kappa shape index (κ2) is 6.26. The third-order valence-corrected chi connectivity index (χ3v) is 2.80. The monoisotopic (exact) mass is 271 g/mol. The molecule has 6 heteroatoms. The first-order chi connectivity index (χ1) is 8.41. The van der Waals surface area contributed by atoms with Crippen molar-refractivity contribution in [2.24, 2.45) is 0 Å². The second-order valence-electron chi connectivity index (χ2n) is 3.83. The van der Waals surface area contributed by atoms with Gasteiger partial charge in [-0.25, -0.2) is 4.79 Å². The number of anilines is 1. The van der Waals surface area contributed by atoms with Crippen molar-refractivity contribution in [3.8, 4) is 0 Å². The average molecular weight is 272 g/mol. The number of halogens is 1. The van der Waals surface area contributed by atoms with Crippen LogP contribution in [0.1, 0.15) is 13.3 Å². The number of carboxylic acid groups (broad SMARTS) is 2. The number of carboxylic acids is 2. The van der Waals surface area contributed by atoms with Crippen molar-refractivity contribution in [3.63, 3.8) is 0 Å². The molecule has 0 aliphatic carbocycles. The van der Waals surface area contributed by atoms with Crippen LogP contribution in [0.25, 0.3) is 0 Å². The Bertz CT molecular complexity index is 432. The van der Waals surface area contributed by atoms with Gasteiger partial charge in [0, 0.05) is 17.3 Å². The molecule has 1 rings (SSSR count). The quantitative estimate of drug-likeness (QED) is 0.828. The fraction of sp³-hybridized carbons (Fsp3) is 0.333. The highest BCUT2D eigenvalue weighted by Crippen LogP contribution is 2.20. The molecule has 1 atom stereocenters. The maximum atomic E-state index is 11.0. The molecule has 0 bridgehead atoms. The summed E-state index contributed by atoms with van der Waals surface area (Å²) in [4.78, 5) is 23.1. The molecule has 1 aromatic carbocycles. The minimum atomic E-state index is -1.00. The molecule has 98 valence electrons. The molecule has 0 heterocycles. The number of aliphatic carboxylic acids is 2. The van der Waals surface area contributed by atoms with Crippen LogP contribution in [-0.2, 0) is 9.59 Å². The highest BCUT2D eigenvalue weighted by molar-refractivity contribution is 6.30. The minimum absolute atomic E-state index is 0.125. The van der Waals surface area contributed by atoms with Crippen LogP contribution in [0.3, 0.4) is 0 Å². The Morgan fingerprint density at radius 1 is 1.28 bits per heavy atom. The summed E-state index contributed by atoms with van der Waals surface area (Å²) in [6, 6.07) is 5.82. The summed E-state index contributed by atoms with van der Waals surface area (Å²) in [6.07, 6.45) is -0.125. The molecule has 0 amide bonds. The second-order valence-corrected chi connectivity index (χ2v) is 4.26. The number of hydrogen-bond acceptors (Lipinski definition) is 3. The van der Waals surface area contributed by atoms with Gasteiger partial charge in [0.2, 0.25) is 0 Å². The van der Waals surface area contributed by atoms with Gasteiger partial charge in [0.1, 0.15) is 6.04 Å². The zero-order valence-corrected chi connectivity index (χ0v) is 10.6. The van der Waals surface area contributed by atoms with Crippen molar-refractivity contribution in [2.75, 3.05) is 11.4 Å². The summed E-state index contributed by atoms with van der Waals surface area (Å²) in [5, 5.41) is 18.2. The van der Waals surface area contributed by atoms with Gasteiger partial charge in [0.15, 0.2) is 0 Å². The molecule has 0 saturated carbocycles. The van der Waals surface area contributed by atoms with Crippen LogP contribution >= 0.6 is 11.6 Å². The number of rotatable bonds is 6. The van der Waals surface area contributed by atoms with Crippen molar-refractivity contribution in [3.05, 3.63) is 29.3 Å². The summed E-state index contributed by atoms with van der Waals surface area (Å²) >= 11 is 5.76. The van der Waals surface area contributed by atoms with E-state index in [9.17, 15) is 9.59 Å². The van der Waals surface area contributed by atoms with Gasteiger partial charge in [0.05, 0.1) is 6.42 Å². The predicted octanol–water partition coefficient (Wildman–Crippen LogP) is 2.09. The Kier molecular flexibility index (Phi) is 4.97. The molecule has 18 heavy (non-hydrogen) atoms. The van der Waals surface area contributed by atoms with Crippen molar-refractivity contribution >= 4 is 29.2 Å². The Balaban J connectivity index is 2.92. The molecule has 5 nitrogen and oxygen atoms in total. The maximum absolute atomic E-state index is 11.0. The number of benzene rings is 1. The van der Waals surface area contributed by atoms with E-state index in [-0.39, 0.29) is 13.0 Å². The van der Waals surface area contributed by atoms with Gasteiger partial charge in [0.25, 0.3) is 0 Å². The van der Waals surface area contributed by atoms with Gasteiger partial charge < -0.3 is 15.1 Å². The number of nitrogens with zero attached hydrogens (tertiary/aromatic N) is 1. The van der Waals surface area contributed by atoms with Crippen molar-refractivity contribution in [1.29, 1.82) is 0 Å². The molecule has 1 unspecified atom stereocenters. The lowest BCUT2D eigenvalue weighted by Gasteiger charge is -2.28. The van der Waals surface area contributed by atoms with Crippen LogP contribution in [0.5, 0.6) is 0 Å². The van der Waals surface area contributed by atoms with Crippen LogP contribution < -0.4 is 4.90 Å². The van der Waals surface area contributed by atoms with Crippen LogP contribution in [0.15, 0.2) is 24.3 Å². The van der Waals surface area contributed by atoms with Crippen molar-refractivity contribution in [1.82, 2.24) is 0 Å². The lowest BCUT2D eigenvalue weighted by Crippen LogP contribution is -2.40. The third-order valence-electron chi connectivity index (χ3n) is 2.55. The lowest BCUT2D eigenvalue weighted by atomic mass is 10.2. The van der Waals surface area contributed by atoms with E-state index < -0.39 is 18.0 Å².